The van der Waals surface area contributed by atoms with Crippen molar-refractivity contribution in [1.82, 2.24) is 4.98 Å². The predicted molar refractivity (Wildman–Crippen MR) is 67.6 cm³/mol. The zero-order valence-electron chi connectivity index (χ0n) is 11.3. The molecule has 0 amide bonds. The highest BCUT2D eigenvalue weighted by Crippen LogP contribution is 2.33. The maximum atomic E-state index is 9.16. The van der Waals surface area contributed by atoms with Crippen LogP contribution < -0.4 is 0 Å². The maximum Gasteiger partial charge on any atom is 0.0853 e. The molecule has 0 aliphatic heterocycles. The lowest BCUT2D eigenvalue weighted by molar-refractivity contribution is 0.276. The van der Waals surface area contributed by atoms with Gasteiger partial charge in [-0.2, -0.15) is 0 Å². The molecule has 0 aliphatic rings. The minimum absolute atomic E-state index is 0.00744. The van der Waals surface area contributed by atoms with Crippen LogP contribution in [0.5, 0.6) is 0 Å². The molecule has 0 bridgehead atoms. The first-order chi connectivity index (χ1) is 7.16. The largest absolute Gasteiger partial charge is 0.390 e. The average molecular weight is 221 g/mol. The summed E-state index contributed by atoms with van der Waals surface area (Å²) in [6, 6.07) is 2.03. The Labute approximate surface area is 98.7 Å². The minimum Gasteiger partial charge on any atom is -0.390 e. The van der Waals surface area contributed by atoms with Crippen molar-refractivity contribution in [3.05, 3.63) is 29.1 Å². The number of nitrogens with zero attached hydrogens (tertiary/aromatic N) is 1. The molecule has 0 aromatic carbocycles. The Hall–Kier alpha value is -0.890. The topological polar surface area (TPSA) is 33.1 Å². The second-order valence-electron chi connectivity index (χ2n) is 6.38. The molecule has 1 aromatic heterocycles. The van der Waals surface area contributed by atoms with Crippen LogP contribution in [0.1, 0.15) is 58.4 Å². The summed E-state index contributed by atoms with van der Waals surface area (Å²) in [5.74, 6) is 0. The lowest BCUT2D eigenvalue weighted by Gasteiger charge is -2.29. The van der Waals surface area contributed by atoms with E-state index in [0.29, 0.717) is 0 Å². The van der Waals surface area contributed by atoms with E-state index in [1.165, 1.54) is 11.1 Å². The molecule has 1 heterocycles. The summed E-state index contributed by atoms with van der Waals surface area (Å²) >= 11 is 0. The molecule has 90 valence electrons. The smallest absolute Gasteiger partial charge is 0.0853 e. The molecule has 0 radical (unpaired) electrons. The van der Waals surface area contributed by atoms with E-state index in [1.54, 1.807) is 0 Å². The van der Waals surface area contributed by atoms with Gasteiger partial charge in [-0.3, -0.25) is 4.98 Å². The molecule has 0 unspecified atom stereocenters. The van der Waals surface area contributed by atoms with Gasteiger partial charge in [0, 0.05) is 6.20 Å². The highest BCUT2D eigenvalue weighted by Gasteiger charge is 2.25. The van der Waals surface area contributed by atoms with Crippen molar-refractivity contribution in [1.29, 1.82) is 0 Å². The van der Waals surface area contributed by atoms with Gasteiger partial charge in [-0.15, -0.1) is 0 Å². The quantitative estimate of drug-likeness (QED) is 0.790. The van der Waals surface area contributed by atoms with Crippen molar-refractivity contribution in [3.63, 3.8) is 0 Å². The molecular weight excluding hydrogens is 198 g/mol. The number of hydrogen-bond acceptors (Lipinski definition) is 2. The fourth-order valence-electron chi connectivity index (χ4n) is 1.80. The zero-order chi connectivity index (χ0) is 12.6. The van der Waals surface area contributed by atoms with E-state index in [4.69, 9.17) is 5.11 Å². The fourth-order valence-corrected chi connectivity index (χ4v) is 1.80. The van der Waals surface area contributed by atoms with Crippen LogP contribution in [0, 0.1) is 0 Å². The van der Waals surface area contributed by atoms with Crippen LogP contribution >= 0.6 is 0 Å². The average Bonchev–Trinajstić information content (AvgIpc) is 2.14. The van der Waals surface area contributed by atoms with Crippen molar-refractivity contribution < 1.29 is 5.11 Å². The summed E-state index contributed by atoms with van der Waals surface area (Å²) in [5.41, 5.74) is 3.45. The van der Waals surface area contributed by atoms with Gasteiger partial charge in [-0.25, -0.2) is 0 Å². The molecule has 0 fully saturated rings. The number of rotatable bonds is 1. The van der Waals surface area contributed by atoms with Crippen molar-refractivity contribution in [2.24, 2.45) is 0 Å². The molecular formula is C14H23NO. The first-order valence-electron chi connectivity index (χ1n) is 5.77. The second-order valence-corrected chi connectivity index (χ2v) is 6.38. The Kier molecular flexibility index (Phi) is 3.44. The lowest BCUT2D eigenvalue weighted by atomic mass is 9.76. The van der Waals surface area contributed by atoms with E-state index in [9.17, 15) is 0 Å². The minimum atomic E-state index is 0.00744. The summed E-state index contributed by atoms with van der Waals surface area (Å²) < 4.78 is 0. The first kappa shape index (κ1) is 13.2. The summed E-state index contributed by atoms with van der Waals surface area (Å²) in [6.07, 6.45) is 1.91. The van der Waals surface area contributed by atoms with E-state index < -0.39 is 0 Å². The highest BCUT2D eigenvalue weighted by atomic mass is 16.3. The molecule has 2 heteroatoms. The van der Waals surface area contributed by atoms with Crippen LogP contribution in [0.4, 0.5) is 0 Å². The molecule has 1 N–H and O–H groups in total. The van der Waals surface area contributed by atoms with Crippen LogP contribution in [0.25, 0.3) is 0 Å². The molecule has 1 aromatic rings. The van der Waals surface area contributed by atoms with Crippen LogP contribution in [0.3, 0.4) is 0 Å². The van der Waals surface area contributed by atoms with Crippen molar-refractivity contribution in [2.75, 3.05) is 0 Å². The molecule has 1 rings (SSSR count). The molecule has 0 atom stereocenters. The van der Waals surface area contributed by atoms with Crippen molar-refractivity contribution >= 4 is 0 Å². The Balaban J connectivity index is 3.40. The molecule has 2 nitrogen and oxygen atoms in total. The second kappa shape index (κ2) is 4.17. The third-order valence-corrected chi connectivity index (χ3v) is 2.74. The van der Waals surface area contributed by atoms with E-state index >= 15 is 0 Å². The van der Waals surface area contributed by atoms with Gasteiger partial charge in [-0.05, 0) is 28.0 Å². The Morgan fingerprint density at radius 2 is 1.50 bits per heavy atom. The van der Waals surface area contributed by atoms with Crippen molar-refractivity contribution in [2.45, 2.75) is 59.0 Å². The first-order valence-corrected chi connectivity index (χ1v) is 5.77. The number of aromatic nitrogens is 1. The molecule has 0 spiro atoms. The maximum absolute atomic E-state index is 9.16. The summed E-state index contributed by atoms with van der Waals surface area (Å²) in [4.78, 5) is 4.29. The Morgan fingerprint density at radius 1 is 1.00 bits per heavy atom. The Bertz CT molecular complexity index is 369. The molecule has 0 aliphatic carbocycles. The van der Waals surface area contributed by atoms with E-state index in [1.807, 2.05) is 12.3 Å². The number of hydrogen-bond donors (Lipinski definition) is 1. The van der Waals surface area contributed by atoms with Crippen LogP contribution in [-0.2, 0) is 17.4 Å². The SMILES string of the molecule is CC(C)(C)c1cnc(CO)cc1C(C)(C)C. The third kappa shape index (κ3) is 2.82. The Morgan fingerprint density at radius 3 is 1.88 bits per heavy atom. The summed E-state index contributed by atoms with van der Waals surface area (Å²) in [6.45, 7) is 13.2. The fraction of sp³-hybridized carbons (Fsp3) is 0.643. The standard InChI is InChI=1S/C14H23NO/c1-13(2,3)11-7-10(9-16)15-8-12(11)14(4,5)6/h7-8,16H,9H2,1-6H3. The highest BCUT2D eigenvalue weighted by molar-refractivity contribution is 5.36. The summed E-state index contributed by atoms with van der Waals surface area (Å²) in [5, 5.41) is 9.16. The molecule has 16 heavy (non-hydrogen) atoms. The van der Waals surface area contributed by atoms with Crippen LogP contribution in [-0.4, -0.2) is 10.1 Å². The van der Waals surface area contributed by atoms with Gasteiger partial charge >= 0.3 is 0 Å². The van der Waals surface area contributed by atoms with Crippen LogP contribution in [0.15, 0.2) is 12.3 Å². The van der Waals surface area contributed by atoms with Gasteiger partial charge in [0.15, 0.2) is 0 Å². The lowest BCUT2D eigenvalue weighted by Crippen LogP contribution is -2.22. The van der Waals surface area contributed by atoms with E-state index in [2.05, 4.69) is 46.5 Å². The normalized spacial score (nSPS) is 12.9. The van der Waals surface area contributed by atoms with Gasteiger partial charge in [0.25, 0.3) is 0 Å². The van der Waals surface area contributed by atoms with E-state index in [-0.39, 0.29) is 17.4 Å². The van der Waals surface area contributed by atoms with Gasteiger partial charge in [0.2, 0.25) is 0 Å². The van der Waals surface area contributed by atoms with Gasteiger partial charge in [0.1, 0.15) is 0 Å². The summed E-state index contributed by atoms with van der Waals surface area (Å²) in [7, 11) is 0. The predicted octanol–water partition coefficient (Wildman–Crippen LogP) is 3.17. The monoisotopic (exact) mass is 221 g/mol. The van der Waals surface area contributed by atoms with Gasteiger partial charge in [-0.1, -0.05) is 41.5 Å². The van der Waals surface area contributed by atoms with Crippen LogP contribution in [0.2, 0.25) is 0 Å². The number of aliphatic hydroxyl groups is 1. The van der Waals surface area contributed by atoms with Gasteiger partial charge < -0.3 is 5.11 Å². The van der Waals surface area contributed by atoms with E-state index in [0.717, 1.165) is 5.69 Å². The van der Waals surface area contributed by atoms with Gasteiger partial charge in [0.05, 0.1) is 12.3 Å². The molecule has 0 saturated heterocycles. The molecule has 0 saturated carbocycles. The number of pyridine rings is 1. The zero-order valence-corrected chi connectivity index (χ0v) is 11.3. The number of aliphatic hydroxyl groups excluding tert-OH is 1. The third-order valence-electron chi connectivity index (χ3n) is 2.74. The van der Waals surface area contributed by atoms with Crippen molar-refractivity contribution in [3.8, 4) is 0 Å².